The van der Waals surface area contributed by atoms with E-state index in [9.17, 15) is 4.79 Å². The molecule has 0 aliphatic rings. The third-order valence-corrected chi connectivity index (χ3v) is 5.07. The van der Waals surface area contributed by atoms with Crippen molar-refractivity contribution in [1.82, 2.24) is 9.55 Å². The summed E-state index contributed by atoms with van der Waals surface area (Å²) in [6.45, 7) is 0. The van der Waals surface area contributed by atoms with Gasteiger partial charge in [0.1, 0.15) is 15.3 Å². The van der Waals surface area contributed by atoms with Gasteiger partial charge >= 0.3 is 0 Å². The van der Waals surface area contributed by atoms with Crippen molar-refractivity contribution < 1.29 is 4.74 Å². The van der Waals surface area contributed by atoms with Crippen LogP contribution in [0.4, 0.5) is 0 Å². The fourth-order valence-electron chi connectivity index (χ4n) is 2.64. The smallest absolute Gasteiger partial charge is 0.273 e. The summed E-state index contributed by atoms with van der Waals surface area (Å²) in [4.78, 5) is 18.0. The van der Waals surface area contributed by atoms with Crippen LogP contribution in [-0.2, 0) is 0 Å². The molecule has 4 rings (SSSR count). The highest BCUT2D eigenvalue weighted by atomic mass is 35.5. The molecule has 0 atom stereocenters. The van der Waals surface area contributed by atoms with Crippen LogP contribution in [0.1, 0.15) is 0 Å². The van der Waals surface area contributed by atoms with Crippen molar-refractivity contribution >= 4 is 43.2 Å². The molecule has 0 saturated heterocycles. The van der Waals surface area contributed by atoms with Crippen LogP contribution >= 0.6 is 22.9 Å². The molecule has 0 N–H and O–H groups in total. The molecule has 4 aromatic rings. The van der Waals surface area contributed by atoms with Gasteiger partial charge in [0.2, 0.25) is 0 Å². The molecule has 3 aromatic heterocycles. The van der Waals surface area contributed by atoms with Crippen molar-refractivity contribution in [1.29, 1.82) is 0 Å². The van der Waals surface area contributed by atoms with Gasteiger partial charge in [-0.05, 0) is 36.4 Å². The third-order valence-electron chi connectivity index (χ3n) is 3.72. The second-order valence-corrected chi connectivity index (χ2v) is 6.44. The lowest BCUT2D eigenvalue weighted by Crippen LogP contribution is -2.16. The average Bonchev–Trinajstić information content (AvgIpc) is 2.96. The molecule has 4 nitrogen and oxygen atoms in total. The number of thiophene rings is 1. The van der Waals surface area contributed by atoms with Crippen LogP contribution < -0.4 is 10.3 Å². The van der Waals surface area contributed by atoms with E-state index >= 15 is 0 Å². The van der Waals surface area contributed by atoms with E-state index in [0.717, 1.165) is 27.0 Å². The highest BCUT2D eigenvalue weighted by Crippen LogP contribution is 2.36. The monoisotopic (exact) mass is 342 g/mol. The summed E-state index contributed by atoms with van der Waals surface area (Å²) in [5, 5.41) is 2.39. The molecule has 0 saturated carbocycles. The van der Waals surface area contributed by atoms with Gasteiger partial charge in [0.15, 0.2) is 0 Å². The number of nitrogens with zero attached hydrogens (tertiary/aromatic N) is 2. The number of hydrogen-bond acceptors (Lipinski definition) is 4. The maximum atomic E-state index is 12.9. The number of hydrogen-bond donors (Lipinski definition) is 0. The fraction of sp³-hybridized carbons (Fsp3) is 0.0588. The number of aromatic nitrogens is 2. The van der Waals surface area contributed by atoms with Crippen LogP contribution in [0, 0.1) is 0 Å². The molecule has 0 fully saturated rings. The molecule has 0 amide bonds. The number of benzene rings is 1. The van der Waals surface area contributed by atoms with E-state index in [4.69, 9.17) is 16.3 Å². The Kier molecular flexibility index (Phi) is 3.32. The maximum Gasteiger partial charge on any atom is 0.273 e. The zero-order chi connectivity index (χ0) is 16.0. The van der Waals surface area contributed by atoms with E-state index in [-0.39, 0.29) is 5.56 Å². The molecule has 0 aliphatic heterocycles. The summed E-state index contributed by atoms with van der Waals surface area (Å²) in [5.41, 5.74) is 0.702. The molecule has 1 aromatic carbocycles. The summed E-state index contributed by atoms with van der Waals surface area (Å²) in [7, 11) is 1.62. The van der Waals surface area contributed by atoms with Crippen LogP contribution in [0.15, 0.2) is 53.6 Å². The van der Waals surface area contributed by atoms with E-state index < -0.39 is 0 Å². The Hall–Kier alpha value is -2.37. The van der Waals surface area contributed by atoms with Gasteiger partial charge in [0.25, 0.3) is 5.56 Å². The number of halogens is 1. The zero-order valence-corrected chi connectivity index (χ0v) is 13.7. The van der Waals surface area contributed by atoms with Crippen LogP contribution in [0.25, 0.3) is 26.0 Å². The van der Waals surface area contributed by atoms with Gasteiger partial charge in [-0.25, -0.2) is 4.98 Å². The van der Waals surface area contributed by atoms with E-state index in [0.29, 0.717) is 9.72 Å². The first-order chi connectivity index (χ1) is 11.2. The van der Waals surface area contributed by atoms with Gasteiger partial charge < -0.3 is 4.74 Å². The average molecular weight is 343 g/mol. The summed E-state index contributed by atoms with van der Waals surface area (Å²) in [5.74, 6) is 0.727. The summed E-state index contributed by atoms with van der Waals surface area (Å²) in [6.07, 6.45) is 3.46. The van der Waals surface area contributed by atoms with Gasteiger partial charge in [-0.15, -0.1) is 11.3 Å². The minimum absolute atomic E-state index is 0.0742. The fourth-order valence-corrected chi connectivity index (χ4v) is 3.85. The second kappa shape index (κ2) is 5.37. The summed E-state index contributed by atoms with van der Waals surface area (Å²) >= 11 is 7.29. The van der Waals surface area contributed by atoms with Crippen molar-refractivity contribution in [2.75, 3.05) is 7.11 Å². The quantitative estimate of drug-likeness (QED) is 0.546. The minimum Gasteiger partial charge on any atom is -0.496 e. The Morgan fingerprint density at radius 3 is 2.70 bits per heavy atom. The van der Waals surface area contributed by atoms with Crippen molar-refractivity contribution in [3.8, 4) is 11.4 Å². The lowest BCUT2D eigenvalue weighted by molar-refractivity contribution is 0.420. The summed E-state index contributed by atoms with van der Waals surface area (Å²) in [6, 6.07) is 10.9. The normalized spacial score (nSPS) is 11.2. The number of fused-ring (bicyclic) bond motifs is 3. The Morgan fingerprint density at radius 1 is 1.17 bits per heavy atom. The molecule has 0 aliphatic carbocycles. The molecule has 114 valence electrons. The van der Waals surface area contributed by atoms with E-state index in [1.807, 2.05) is 18.2 Å². The van der Waals surface area contributed by atoms with Gasteiger partial charge in [-0.3, -0.25) is 9.36 Å². The molecule has 23 heavy (non-hydrogen) atoms. The molecule has 0 bridgehead atoms. The minimum atomic E-state index is -0.0742. The van der Waals surface area contributed by atoms with Gasteiger partial charge in [0, 0.05) is 28.5 Å². The maximum absolute atomic E-state index is 12.9. The number of methoxy groups -OCH3 is 1. The van der Waals surface area contributed by atoms with E-state index in [2.05, 4.69) is 4.98 Å². The number of rotatable bonds is 2. The van der Waals surface area contributed by atoms with E-state index in [1.54, 1.807) is 42.3 Å². The Morgan fingerprint density at radius 2 is 1.96 bits per heavy atom. The molecular formula is C17H11ClN2O2S. The lowest BCUT2D eigenvalue weighted by Gasteiger charge is -2.06. The largest absolute Gasteiger partial charge is 0.496 e. The van der Waals surface area contributed by atoms with Crippen LogP contribution in [-0.4, -0.2) is 16.7 Å². The SMILES string of the molecule is COc1ccnc2sc3c(=O)n(-c4ccc(Cl)cc4)ccc3c12. The highest BCUT2D eigenvalue weighted by molar-refractivity contribution is 7.25. The van der Waals surface area contributed by atoms with Crippen molar-refractivity contribution in [2.24, 2.45) is 0 Å². The first kappa shape index (κ1) is 14.2. The summed E-state index contributed by atoms with van der Waals surface area (Å²) < 4.78 is 7.68. The molecule has 6 heteroatoms. The molecule has 3 heterocycles. The predicted molar refractivity (Wildman–Crippen MR) is 94.3 cm³/mol. The van der Waals surface area contributed by atoms with Crippen LogP contribution in [0.5, 0.6) is 5.75 Å². The molecule has 0 radical (unpaired) electrons. The highest BCUT2D eigenvalue weighted by Gasteiger charge is 2.15. The second-order valence-electron chi connectivity index (χ2n) is 5.01. The van der Waals surface area contributed by atoms with Gasteiger partial charge in [-0.1, -0.05) is 11.6 Å². The first-order valence-corrected chi connectivity index (χ1v) is 8.11. The van der Waals surface area contributed by atoms with Crippen molar-refractivity contribution in [2.45, 2.75) is 0 Å². The predicted octanol–water partition coefficient (Wildman–Crippen LogP) is 4.26. The Balaban J connectivity index is 2.04. The van der Waals surface area contributed by atoms with Crippen molar-refractivity contribution in [3.05, 3.63) is 64.2 Å². The van der Waals surface area contributed by atoms with Gasteiger partial charge in [-0.2, -0.15) is 0 Å². The number of ether oxygens (including phenoxy) is 1. The molecule has 0 spiro atoms. The Labute approximate surface area is 140 Å². The number of pyridine rings is 2. The van der Waals surface area contributed by atoms with Gasteiger partial charge in [0.05, 0.1) is 12.5 Å². The lowest BCUT2D eigenvalue weighted by atomic mass is 10.2. The van der Waals surface area contributed by atoms with Crippen molar-refractivity contribution in [3.63, 3.8) is 0 Å². The van der Waals surface area contributed by atoms with Crippen LogP contribution in [0.2, 0.25) is 5.02 Å². The topological polar surface area (TPSA) is 44.1 Å². The third kappa shape index (κ3) is 2.20. The standard InChI is InChI=1S/C17H11ClN2O2S/c1-22-13-6-8-19-16-14(13)12-7-9-20(17(21)15(12)23-16)11-4-2-10(18)3-5-11/h2-9H,1H3. The molecular weight excluding hydrogens is 332 g/mol. The zero-order valence-electron chi connectivity index (χ0n) is 12.1. The Bertz CT molecular complexity index is 1080. The van der Waals surface area contributed by atoms with Crippen LogP contribution in [0.3, 0.4) is 0 Å². The first-order valence-electron chi connectivity index (χ1n) is 6.92. The molecule has 0 unspecified atom stereocenters. The van der Waals surface area contributed by atoms with E-state index in [1.165, 1.54) is 11.3 Å².